The number of carbonyl (C=O) groups excluding carboxylic acids is 1. The van der Waals surface area contributed by atoms with E-state index in [1.54, 1.807) is 30.4 Å². The van der Waals surface area contributed by atoms with E-state index < -0.39 is 6.09 Å². The van der Waals surface area contributed by atoms with E-state index in [-0.39, 0.29) is 18.0 Å². The third-order valence-electron chi connectivity index (χ3n) is 3.19. The van der Waals surface area contributed by atoms with Gasteiger partial charge in [-0.25, -0.2) is 4.79 Å². The van der Waals surface area contributed by atoms with Crippen molar-refractivity contribution < 1.29 is 24.2 Å². The van der Waals surface area contributed by atoms with E-state index in [1.807, 2.05) is 0 Å². The Bertz CT molecular complexity index is 670. The van der Waals surface area contributed by atoms with Crippen molar-refractivity contribution in [3.8, 4) is 11.5 Å². The molecule has 0 aliphatic heterocycles. The lowest BCUT2D eigenvalue weighted by Gasteiger charge is -2.14. The van der Waals surface area contributed by atoms with Crippen molar-refractivity contribution in [3.63, 3.8) is 0 Å². The first-order valence-electron chi connectivity index (χ1n) is 8.05. The van der Waals surface area contributed by atoms with Gasteiger partial charge in [-0.3, -0.25) is 4.79 Å². The Hall–Kier alpha value is -3.22. The van der Waals surface area contributed by atoms with Crippen molar-refractivity contribution in [2.45, 2.75) is 6.42 Å². The Morgan fingerprint density at radius 3 is 2.27 bits per heavy atom. The zero-order valence-corrected chi connectivity index (χ0v) is 14.6. The van der Waals surface area contributed by atoms with Gasteiger partial charge in [-0.1, -0.05) is 38.0 Å². The highest BCUT2D eigenvalue weighted by Gasteiger charge is 2.13. The number of benzene rings is 1. The van der Waals surface area contributed by atoms with Crippen molar-refractivity contribution in [1.29, 1.82) is 0 Å². The topological polar surface area (TPSA) is 96.9 Å². The van der Waals surface area contributed by atoms with E-state index in [2.05, 4.69) is 30.4 Å². The molecule has 0 bridgehead atoms. The summed E-state index contributed by atoms with van der Waals surface area (Å²) in [4.78, 5) is 22.5. The molecule has 0 aliphatic rings. The predicted octanol–water partition coefficient (Wildman–Crippen LogP) is 2.60. The second kappa shape index (κ2) is 11.4. The maximum absolute atomic E-state index is 12.2. The van der Waals surface area contributed by atoms with Gasteiger partial charge >= 0.3 is 6.09 Å². The average Bonchev–Trinajstić information content (AvgIpc) is 2.63. The first-order chi connectivity index (χ1) is 12.5. The van der Waals surface area contributed by atoms with E-state index in [9.17, 15) is 9.59 Å². The number of carbonyl (C=O) groups is 2. The summed E-state index contributed by atoms with van der Waals surface area (Å²) in [5.41, 5.74) is 0.867. The molecule has 0 heterocycles. The highest BCUT2D eigenvalue weighted by atomic mass is 16.5. The van der Waals surface area contributed by atoms with Crippen molar-refractivity contribution in [1.82, 2.24) is 10.6 Å². The molecule has 1 aromatic rings. The second-order valence-corrected chi connectivity index (χ2v) is 5.18. The van der Waals surface area contributed by atoms with Crippen LogP contribution < -0.4 is 20.1 Å². The SMILES string of the molecule is C=CCOc1ccc(C(=C)C(=O)NCCCNC(=O)O)cc1OCC=C. The second-order valence-electron chi connectivity index (χ2n) is 5.18. The van der Waals surface area contributed by atoms with Crippen molar-refractivity contribution in [2.24, 2.45) is 0 Å². The van der Waals surface area contributed by atoms with Crippen molar-refractivity contribution >= 4 is 17.6 Å². The summed E-state index contributed by atoms with van der Waals surface area (Å²) >= 11 is 0. The molecule has 140 valence electrons. The van der Waals surface area contributed by atoms with E-state index in [0.717, 1.165) is 0 Å². The zero-order chi connectivity index (χ0) is 19.4. The Morgan fingerprint density at radius 1 is 1.04 bits per heavy atom. The van der Waals surface area contributed by atoms with Crippen LogP contribution in [-0.2, 0) is 4.79 Å². The predicted molar refractivity (Wildman–Crippen MR) is 101 cm³/mol. The van der Waals surface area contributed by atoms with E-state index >= 15 is 0 Å². The largest absolute Gasteiger partial charge is 0.486 e. The van der Waals surface area contributed by atoms with Crippen LogP contribution in [0.5, 0.6) is 11.5 Å². The van der Waals surface area contributed by atoms with Gasteiger partial charge in [0.25, 0.3) is 5.91 Å². The number of rotatable bonds is 12. The molecule has 0 saturated carbocycles. The summed E-state index contributed by atoms with van der Waals surface area (Å²) in [6, 6.07) is 5.09. The average molecular weight is 360 g/mol. The lowest BCUT2D eigenvalue weighted by atomic mass is 10.1. The lowest BCUT2D eigenvalue weighted by Crippen LogP contribution is -2.29. The molecule has 0 fully saturated rings. The Labute approximate surface area is 153 Å². The van der Waals surface area contributed by atoms with E-state index in [1.165, 1.54) is 0 Å². The van der Waals surface area contributed by atoms with E-state index in [4.69, 9.17) is 14.6 Å². The minimum absolute atomic E-state index is 0.261. The quantitative estimate of drug-likeness (QED) is 0.302. The van der Waals surface area contributed by atoms with Crippen LogP contribution in [0.2, 0.25) is 0 Å². The van der Waals surface area contributed by atoms with Crippen LogP contribution in [0.3, 0.4) is 0 Å². The van der Waals surface area contributed by atoms with Crippen LogP contribution in [0.1, 0.15) is 12.0 Å². The van der Waals surface area contributed by atoms with Crippen LogP contribution in [0.4, 0.5) is 4.79 Å². The highest BCUT2D eigenvalue weighted by Crippen LogP contribution is 2.30. The first kappa shape index (κ1) is 20.8. The van der Waals surface area contributed by atoms with Crippen LogP contribution in [-0.4, -0.2) is 43.4 Å². The third kappa shape index (κ3) is 7.12. The summed E-state index contributed by atoms with van der Waals surface area (Å²) in [6.45, 7) is 12.2. The van der Waals surface area contributed by atoms with Crippen LogP contribution >= 0.6 is 0 Å². The molecule has 0 aliphatic carbocycles. The number of nitrogens with one attached hydrogen (secondary N) is 2. The maximum atomic E-state index is 12.2. The third-order valence-corrected chi connectivity index (χ3v) is 3.19. The Balaban J connectivity index is 2.71. The van der Waals surface area contributed by atoms with Gasteiger partial charge in [0.1, 0.15) is 13.2 Å². The minimum atomic E-state index is -1.09. The Kier molecular flexibility index (Phi) is 9.09. The van der Waals surface area contributed by atoms with Gasteiger partial charge < -0.3 is 25.2 Å². The number of carboxylic acid groups (broad SMARTS) is 1. The number of amides is 2. The maximum Gasteiger partial charge on any atom is 0.404 e. The van der Waals surface area contributed by atoms with Gasteiger partial charge in [0.2, 0.25) is 0 Å². The van der Waals surface area contributed by atoms with Gasteiger partial charge in [0.15, 0.2) is 11.5 Å². The van der Waals surface area contributed by atoms with E-state index in [0.29, 0.717) is 43.2 Å². The number of hydrogen-bond donors (Lipinski definition) is 3. The molecule has 0 aromatic heterocycles. The summed E-state index contributed by atoms with van der Waals surface area (Å²) in [5.74, 6) is 0.669. The molecule has 7 heteroatoms. The van der Waals surface area contributed by atoms with Crippen molar-refractivity contribution in [2.75, 3.05) is 26.3 Å². The number of hydrogen-bond acceptors (Lipinski definition) is 4. The first-order valence-corrected chi connectivity index (χ1v) is 8.05. The van der Waals surface area contributed by atoms with Gasteiger partial charge in [-0.2, -0.15) is 0 Å². The molecular formula is C19H24N2O5. The smallest absolute Gasteiger partial charge is 0.404 e. The molecule has 0 saturated heterocycles. The fourth-order valence-electron chi connectivity index (χ4n) is 1.95. The molecular weight excluding hydrogens is 336 g/mol. The molecule has 0 unspecified atom stereocenters. The molecule has 7 nitrogen and oxygen atoms in total. The van der Waals surface area contributed by atoms with Crippen molar-refractivity contribution in [3.05, 3.63) is 55.7 Å². The minimum Gasteiger partial charge on any atom is -0.486 e. The molecule has 1 rings (SSSR count). The molecule has 2 amide bonds. The fraction of sp³-hybridized carbons (Fsp3) is 0.263. The summed E-state index contributed by atoms with van der Waals surface area (Å²) in [6.07, 6.45) is 2.62. The van der Waals surface area contributed by atoms with Crippen LogP contribution in [0.15, 0.2) is 50.1 Å². The summed E-state index contributed by atoms with van der Waals surface area (Å²) in [5, 5.41) is 13.4. The molecule has 3 N–H and O–H groups in total. The molecule has 26 heavy (non-hydrogen) atoms. The zero-order valence-electron chi connectivity index (χ0n) is 14.6. The van der Waals surface area contributed by atoms with Gasteiger partial charge in [-0.05, 0) is 24.1 Å². The number of ether oxygens (including phenoxy) is 2. The molecule has 0 spiro atoms. The molecule has 0 atom stereocenters. The van der Waals surface area contributed by atoms with Gasteiger partial charge in [0, 0.05) is 18.7 Å². The summed E-state index contributed by atoms with van der Waals surface area (Å²) < 4.78 is 11.1. The Morgan fingerprint density at radius 2 is 1.65 bits per heavy atom. The fourth-order valence-corrected chi connectivity index (χ4v) is 1.95. The standard InChI is InChI=1S/C19H24N2O5/c1-4-11-25-16-8-7-15(13-17(16)26-12-5-2)14(3)18(22)20-9-6-10-21-19(23)24/h4-5,7-8,13,21H,1-3,6,9-12H2,(H,20,22)(H,23,24). The highest BCUT2D eigenvalue weighted by molar-refractivity contribution is 6.18. The van der Waals surface area contributed by atoms with Gasteiger partial charge in [0.05, 0.1) is 0 Å². The molecule has 0 radical (unpaired) electrons. The van der Waals surface area contributed by atoms with Gasteiger partial charge in [-0.15, -0.1) is 0 Å². The summed E-state index contributed by atoms with van der Waals surface area (Å²) in [7, 11) is 0. The monoisotopic (exact) mass is 360 g/mol. The molecule has 1 aromatic carbocycles. The normalized spacial score (nSPS) is 9.69. The lowest BCUT2D eigenvalue weighted by molar-refractivity contribution is -0.115. The van der Waals surface area contributed by atoms with Crippen LogP contribution in [0.25, 0.3) is 5.57 Å². The van der Waals surface area contributed by atoms with Crippen LogP contribution in [0, 0.1) is 0 Å².